The molecule has 1 heterocycles. The van der Waals surface area contributed by atoms with Crippen molar-refractivity contribution in [2.24, 2.45) is 5.41 Å². The van der Waals surface area contributed by atoms with Crippen molar-refractivity contribution in [3.05, 3.63) is 47.8 Å². The lowest BCUT2D eigenvalue weighted by molar-refractivity contribution is 0.223. The number of hydrogen-bond donors (Lipinski definition) is 0. The molecule has 2 aromatic rings. The number of hydrogen-bond acceptors (Lipinski definition) is 3. The van der Waals surface area contributed by atoms with Crippen molar-refractivity contribution in [3.8, 4) is 17.5 Å². The van der Waals surface area contributed by atoms with Gasteiger partial charge >= 0.3 is 0 Å². The molecule has 0 spiro atoms. The highest BCUT2D eigenvalue weighted by molar-refractivity contribution is 5.55. The van der Waals surface area contributed by atoms with Crippen LogP contribution in [0.1, 0.15) is 102 Å². The number of nitrogens with zero attached hydrogens (tertiary/aromatic N) is 3. The van der Waals surface area contributed by atoms with Crippen molar-refractivity contribution in [2.45, 2.75) is 96.8 Å². The third-order valence-corrected chi connectivity index (χ3v) is 6.82. The van der Waals surface area contributed by atoms with Gasteiger partial charge in [-0.15, -0.1) is 0 Å². The highest BCUT2D eigenvalue weighted by Gasteiger charge is 2.35. The van der Waals surface area contributed by atoms with Crippen molar-refractivity contribution >= 4 is 0 Å². The van der Waals surface area contributed by atoms with Crippen LogP contribution >= 0.6 is 0 Å². The molecule has 0 atom stereocenters. The van der Waals surface area contributed by atoms with Gasteiger partial charge in [0.15, 0.2) is 5.82 Å². The fraction of sp³-hybridized carbons (Fsp3) is 0.593. The van der Waals surface area contributed by atoms with Gasteiger partial charge in [-0.2, -0.15) is 5.26 Å². The molecule has 1 saturated carbocycles. The van der Waals surface area contributed by atoms with E-state index in [2.05, 4.69) is 54.2 Å². The first-order valence-electron chi connectivity index (χ1n) is 12.0. The summed E-state index contributed by atoms with van der Waals surface area (Å²) in [5.41, 5.74) is 3.61. The minimum Gasteiger partial charge on any atom is -0.236 e. The Kier molecular flexibility index (Phi) is 8.43. The molecule has 0 saturated heterocycles. The molecule has 0 amide bonds. The summed E-state index contributed by atoms with van der Waals surface area (Å²) in [5, 5.41) is 9.85. The zero-order valence-corrected chi connectivity index (χ0v) is 18.9. The van der Waals surface area contributed by atoms with E-state index in [1.165, 1.54) is 43.2 Å². The van der Waals surface area contributed by atoms with E-state index in [0.29, 0.717) is 5.92 Å². The van der Waals surface area contributed by atoms with Gasteiger partial charge in [-0.05, 0) is 55.6 Å². The van der Waals surface area contributed by atoms with E-state index < -0.39 is 0 Å². The van der Waals surface area contributed by atoms with Crippen LogP contribution in [0.15, 0.2) is 36.7 Å². The Balaban J connectivity index is 1.54. The van der Waals surface area contributed by atoms with Gasteiger partial charge in [0.05, 0.1) is 11.5 Å². The quantitative estimate of drug-likeness (QED) is 0.383. The zero-order chi connectivity index (χ0) is 21.2. The molecule has 1 aromatic carbocycles. The molecular weight excluding hydrogens is 366 g/mol. The predicted molar refractivity (Wildman–Crippen MR) is 124 cm³/mol. The molecule has 3 nitrogen and oxygen atoms in total. The number of benzene rings is 1. The summed E-state index contributed by atoms with van der Waals surface area (Å²) in [6, 6.07) is 11.5. The fourth-order valence-electron chi connectivity index (χ4n) is 4.81. The van der Waals surface area contributed by atoms with Crippen molar-refractivity contribution in [2.75, 3.05) is 0 Å². The second kappa shape index (κ2) is 11.3. The summed E-state index contributed by atoms with van der Waals surface area (Å²) >= 11 is 0. The molecular formula is C27H37N3. The molecule has 3 rings (SSSR count). The van der Waals surface area contributed by atoms with Gasteiger partial charge in [-0.25, -0.2) is 9.97 Å². The van der Waals surface area contributed by atoms with Crippen LogP contribution < -0.4 is 0 Å². The third kappa shape index (κ3) is 5.91. The molecule has 0 radical (unpaired) electrons. The molecule has 0 aliphatic heterocycles. The number of unbranched alkanes of at least 4 members (excludes halogenated alkanes) is 4. The number of aryl methyl sites for hydroxylation is 1. The molecule has 0 unspecified atom stereocenters. The van der Waals surface area contributed by atoms with Crippen LogP contribution in [0, 0.1) is 16.7 Å². The lowest BCUT2D eigenvalue weighted by Crippen LogP contribution is -2.25. The maximum Gasteiger partial charge on any atom is 0.159 e. The summed E-state index contributed by atoms with van der Waals surface area (Å²) in [6.45, 7) is 4.42. The average Bonchev–Trinajstić information content (AvgIpc) is 2.80. The van der Waals surface area contributed by atoms with E-state index in [1.54, 1.807) is 0 Å². The van der Waals surface area contributed by atoms with E-state index in [9.17, 15) is 5.26 Å². The van der Waals surface area contributed by atoms with Crippen molar-refractivity contribution < 1.29 is 0 Å². The Hall–Kier alpha value is -2.21. The Morgan fingerprint density at radius 3 is 2.20 bits per heavy atom. The summed E-state index contributed by atoms with van der Waals surface area (Å²) < 4.78 is 0. The fourth-order valence-corrected chi connectivity index (χ4v) is 4.81. The van der Waals surface area contributed by atoms with Crippen molar-refractivity contribution in [1.29, 1.82) is 5.26 Å². The normalized spacial score (nSPS) is 21.3. The molecule has 1 aliphatic carbocycles. The van der Waals surface area contributed by atoms with Gasteiger partial charge in [-0.3, -0.25) is 0 Å². The van der Waals surface area contributed by atoms with E-state index in [1.807, 2.05) is 12.4 Å². The average molecular weight is 404 g/mol. The maximum atomic E-state index is 9.85. The SMILES string of the molecule is CCCCCCC[C@]1(C#N)CC[C@H](c2ccc(-c3ncc(CCC)cn3)cc2)CC1. The first-order valence-corrected chi connectivity index (χ1v) is 12.0. The van der Waals surface area contributed by atoms with Crippen molar-refractivity contribution in [1.82, 2.24) is 9.97 Å². The molecule has 160 valence electrons. The molecule has 30 heavy (non-hydrogen) atoms. The van der Waals surface area contributed by atoms with E-state index in [4.69, 9.17) is 0 Å². The van der Waals surface area contributed by atoms with Crippen LogP contribution in [0.3, 0.4) is 0 Å². The smallest absolute Gasteiger partial charge is 0.159 e. The van der Waals surface area contributed by atoms with Gasteiger partial charge in [0.1, 0.15) is 0 Å². The molecule has 1 aliphatic rings. The van der Waals surface area contributed by atoms with Crippen LogP contribution in [-0.2, 0) is 6.42 Å². The van der Waals surface area contributed by atoms with Gasteiger partial charge < -0.3 is 0 Å². The van der Waals surface area contributed by atoms with E-state index in [-0.39, 0.29) is 5.41 Å². The number of nitriles is 1. The Bertz CT molecular complexity index is 793. The minimum atomic E-state index is -0.0727. The highest BCUT2D eigenvalue weighted by atomic mass is 14.9. The summed E-state index contributed by atoms with van der Waals surface area (Å²) in [4.78, 5) is 9.08. The first-order chi connectivity index (χ1) is 14.7. The summed E-state index contributed by atoms with van der Waals surface area (Å²) in [7, 11) is 0. The largest absolute Gasteiger partial charge is 0.236 e. The number of rotatable bonds is 10. The van der Waals surface area contributed by atoms with Crippen molar-refractivity contribution in [3.63, 3.8) is 0 Å². The summed E-state index contributed by atoms with van der Waals surface area (Å²) in [6.07, 6.45) is 17.9. The van der Waals surface area contributed by atoms with Gasteiger partial charge in [0.25, 0.3) is 0 Å². The van der Waals surface area contributed by atoms with Crippen LogP contribution in [-0.4, -0.2) is 9.97 Å². The lowest BCUT2D eigenvalue weighted by atomic mass is 9.67. The molecule has 1 fully saturated rings. The first kappa shape index (κ1) is 22.5. The van der Waals surface area contributed by atoms with E-state index >= 15 is 0 Å². The lowest BCUT2D eigenvalue weighted by Gasteiger charge is -2.35. The zero-order valence-electron chi connectivity index (χ0n) is 18.9. The standard InChI is InChI=1S/C27H37N3/c1-3-5-6-7-8-16-27(21-28)17-14-24(15-18-27)23-10-12-25(13-11-23)26-29-19-22(9-4-2)20-30-26/h10-13,19-20,24H,3-9,14-18H2,1-2H3/t24-,27-. The second-order valence-electron chi connectivity index (χ2n) is 9.12. The Morgan fingerprint density at radius 1 is 0.933 bits per heavy atom. The topological polar surface area (TPSA) is 49.6 Å². The molecule has 0 bridgehead atoms. The maximum absolute atomic E-state index is 9.85. The van der Waals surface area contributed by atoms with Gasteiger partial charge in [0.2, 0.25) is 0 Å². The summed E-state index contributed by atoms with van der Waals surface area (Å²) in [5.74, 6) is 1.38. The minimum absolute atomic E-state index is 0.0727. The number of aromatic nitrogens is 2. The Morgan fingerprint density at radius 2 is 1.60 bits per heavy atom. The predicted octanol–water partition coefficient (Wildman–Crippen LogP) is 7.62. The van der Waals surface area contributed by atoms with E-state index in [0.717, 1.165) is 56.3 Å². The molecule has 1 aromatic heterocycles. The molecule has 3 heteroatoms. The van der Waals surface area contributed by atoms with Gasteiger partial charge in [0, 0.05) is 18.0 Å². The van der Waals surface area contributed by atoms with Gasteiger partial charge in [-0.1, -0.05) is 76.6 Å². The highest BCUT2D eigenvalue weighted by Crippen LogP contribution is 2.45. The van der Waals surface area contributed by atoms with Crippen LogP contribution in [0.4, 0.5) is 0 Å². The third-order valence-electron chi connectivity index (χ3n) is 6.82. The second-order valence-corrected chi connectivity index (χ2v) is 9.12. The Labute approximate surface area is 183 Å². The monoisotopic (exact) mass is 403 g/mol. The van der Waals surface area contributed by atoms with Crippen LogP contribution in [0.5, 0.6) is 0 Å². The molecule has 0 N–H and O–H groups in total. The van der Waals surface area contributed by atoms with Crippen LogP contribution in [0.2, 0.25) is 0 Å². The van der Waals surface area contributed by atoms with Crippen LogP contribution in [0.25, 0.3) is 11.4 Å².